The monoisotopic (exact) mass is 253 g/mol. The van der Waals surface area contributed by atoms with Gasteiger partial charge in [-0.05, 0) is 30.0 Å². The zero-order valence-corrected chi connectivity index (χ0v) is 11.3. The number of rotatable bonds is 2. The molecular formula is C13H19NO2S. The normalized spacial score (nSPS) is 22.0. The second kappa shape index (κ2) is 4.33. The van der Waals surface area contributed by atoms with Gasteiger partial charge in [0.25, 0.3) is 0 Å². The van der Waals surface area contributed by atoms with Gasteiger partial charge in [0.1, 0.15) is 0 Å². The summed E-state index contributed by atoms with van der Waals surface area (Å²) in [5, 5.41) is 2.90. The maximum Gasteiger partial charge on any atom is 0.185 e. The van der Waals surface area contributed by atoms with Crippen molar-refractivity contribution in [3.8, 4) is 0 Å². The molecule has 1 unspecified atom stereocenters. The minimum absolute atomic E-state index is 0.130. The number of nitrogens with one attached hydrogen (secondary N) is 1. The van der Waals surface area contributed by atoms with E-state index in [1.54, 1.807) is 0 Å². The zero-order chi connectivity index (χ0) is 12.6. The molecule has 94 valence electrons. The van der Waals surface area contributed by atoms with Crippen molar-refractivity contribution < 1.29 is 8.42 Å². The molecule has 0 saturated heterocycles. The van der Waals surface area contributed by atoms with Crippen LogP contribution in [-0.2, 0) is 16.3 Å². The van der Waals surface area contributed by atoms with Gasteiger partial charge >= 0.3 is 0 Å². The molecule has 1 aliphatic heterocycles. The maximum atomic E-state index is 12.5. The van der Waals surface area contributed by atoms with Gasteiger partial charge in [-0.3, -0.25) is 0 Å². The topological polar surface area (TPSA) is 46.2 Å². The van der Waals surface area contributed by atoms with Crippen LogP contribution < -0.4 is 5.32 Å². The molecule has 0 aliphatic carbocycles. The van der Waals surface area contributed by atoms with Gasteiger partial charge in [-0.1, -0.05) is 26.8 Å². The molecule has 1 heterocycles. The number of fused-ring (bicyclic) bond motifs is 1. The highest BCUT2D eigenvalue weighted by atomic mass is 32.2. The summed E-state index contributed by atoms with van der Waals surface area (Å²) in [6.45, 7) is 6.46. The number of sulfone groups is 1. The molecule has 0 saturated carbocycles. The molecule has 4 heteroatoms. The quantitative estimate of drug-likeness (QED) is 0.880. The average Bonchev–Trinajstić information content (AvgIpc) is 2.28. The smallest absolute Gasteiger partial charge is 0.185 e. The van der Waals surface area contributed by atoms with E-state index in [1.807, 2.05) is 39.0 Å². The van der Waals surface area contributed by atoms with Crippen molar-refractivity contribution in [2.24, 2.45) is 5.92 Å². The van der Waals surface area contributed by atoms with Gasteiger partial charge < -0.3 is 5.32 Å². The Kier molecular flexibility index (Phi) is 3.17. The van der Waals surface area contributed by atoms with Gasteiger partial charge in [0.05, 0.1) is 15.8 Å². The predicted molar refractivity (Wildman–Crippen MR) is 70.1 cm³/mol. The molecule has 0 fully saturated rings. The van der Waals surface area contributed by atoms with Crippen LogP contribution in [0.3, 0.4) is 0 Å². The molecule has 2 rings (SSSR count). The lowest BCUT2D eigenvalue weighted by Gasteiger charge is -2.29. The summed E-state index contributed by atoms with van der Waals surface area (Å²) in [7, 11) is -3.18. The Balaban J connectivity index is 2.55. The van der Waals surface area contributed by atoms with Crippen LogP contribution in [0.15, 0.2) is 23.1 Å². The summed E-state index contributed by atoms with van der Waals surface area (Å²) in [6.07, 6.45) is 0.856. The average molecular weight is 253 g/mol. The molecule has 0 bridgehead atoms. The van der Waals surface area contributed by atoms with Crippen molar-refractivity contribution in [2.45, 2.75) is 37.3 Å². The van der Waals surface area contributed by atoms with Gasteiger partial charge in [-0.2, -0.15) is 0 Å². The molecule has 0 radical (unpaired) electrons. The standard InChI is InChI=1S/C13H19NO2S/c1-4-10-5-6-11-12(7-10)17(15,16)13(8-14-11)9(2)3/h5-7,9,13-14H,4,8H2,1-3H3. The van der Waals surface area contributed by atoms with Crippen molar-refractivity contribution in [3.05, 3.63) is 23.8 Å². The summed E-state index contributed by atoms with van der Waals surface area (Å²) in [4.78, 5) is 0.474. The third kappa shape index (κ3) is 2.06. The van der Waals surface area contributed by atoms with Gasteiger partial charge in [0, 0.05) is 6.54 Å². The van der Waals surface area contributed by atoms with E-state index < -0.39 is 9.84 Å². The molecular weight excluding hydrogens is 234 g/mol. The van der Waals surface area contributed by atoms with Crippen molar-refractivity contribution in [1.29, 1.82) is 0 Å². The Morgan fingerprint density at radius 3 is 2.71 bits per heavy atom. The first-order valence-corrected chi connectivity index (χ1v) is 7.62. The Morgan fingerprint density at radius 2 is 2.12 bits per heavy atom. The van der Waals surface area contributed by atoms with E-state index in [4.69, 9.17) is 0 Å². The second-order valence-electron chi connectivity index (χ2n) is 4.89. The van der Waals surface area contributed by atoms with Crippen LogP contribution >= 0.6 is 0 Å². The molecule has 1 aliphatic rings. The minimum Gasteiger partial charge on any atom is -0.383 e. The first kappa shape index (κ1) is 12.4. The Hall–Kier alpha value is -1.03. The number of benzene rings is 1. The third-order valence-electron chi connectivity index (χ3n) is 3.40. The third-order valence-corrected chi connectivity index (χ3v) is 5.86. The molecule has 17 heavy (non-hydrogen) atoms. The van der Waals surface area contributed by atoms with E-state index in [1.165, 1.54) is 0 Å². The Bertz CT molecular complexity index is 520. The predicted octanol–water partition coefficient (Wildman–Crippen LogP) is 2.47. The first-order chi connectivity index (χ1) is 7.96. The number of hydrogen-bond donors (Lipinski definition) is 1. The lowest BCUT2D eigenvalue weighted by Crippen LogP contribution is -2.38. The Morgan fingerprint density at radius 1 is 1.41 bits per heavy atom. The lowest BCUT2D eigenvalue weighted by atomic mass is 10.1. The van der Waals surface area contributed by atoms with Crippen LogP contribution in [0.25, 0.3) is 0 Å². The SMILES string of the molecule is CCc1ccc2c(c1)S(=O)(=O)C(C(C)C)CN2. The van der Waals surface area contributed by atoms with Gasteiger partial charge in [-0.25, -0.2) is 8.42 Å². The largest absolute Gasteiger partial charge is 0.383 e. The fraction of sp³-hybridized carbons (Fsp3) is 0.538. The van der Waals surface area contributed by atoms with E-state index in [0.29, 0.717) is 11.4 Å². The van der Waals surface area contributed by atoms with Crippen LogP contribution in [-0.4, -0.2) is 20.2 Å². The number of hydrogen-bond acceptors (Lipinski definition) is 3. The van der Waals surface area contributed by atoms with Crippen molar-refractivity contribution in [3.63, 3.8) is 0 Å². The molecule has 1 aromatic carbocycles. The van der Waals surface area contributed by atoms with Gasteiger partial charge in [-0.15, -0.1) is 0 Å². The van der Waals surface area contributed by atoms with Crippen molar-refractivity contribution in [2.75, 3.05) is 11.9 Å². The summed E-state index contributed by atoms with van der Waals surface area (Å²) >= 11 is 0. The molecule has 0 aromatic heterocycles. The summed E-state index contributed by atoms with van der Waals surface area (Å²) in [5.41, 5.74) is 1.82. The number of anilines is 1. The number of aryl methyl sites for hydroxylation is 1. The highest BCUT2D eigenvalue weighted by Gasteiger charge is 2.35. The summed E-state index contributed by atoms with van der Waals surface area (Å²) < 4.78 is 24.9. The van der Waals surface area contributed by atoms with Crippen LogP contribution in [0, 0.1) is 5.92 Å². The molecule has 3 nitrogen and oxygen atoms in total. The van der Waals surface area contributed by atoms with E-state index in [2.05, 4.69) is 5.32 Å². The molecule has 1 aromatic rings. The first-order valence-electron chi connectivity index (χ1n) is 6.07. The molecule has 1 N–H and O–H groups in total. The van der Waals surface area contributed by atoms with E-state index in [-0.39, 0.29) is 11.2 Å². The van der Waals surface area contributed by atoms with Crippen LogP contribution in [0.1, 0.15) is 26.3 Å². The van der Waals surface area contributed by atoms with Crippen molar-refractivity contribution >= 4 is 15.5 Å². The zero-order valence-electron chi connectivity index (χ0n) is 10.5. The van der Waals surface area contributed by atoms with Gasteiger partial charge in [0.15, 0.2) is 9.84 Å². The van der Waals surface area contributed by atoms with Crippen molar-refractivity contribution in [1.82, 2.24) is 0 Å². The molecule has 0 spiro atoms. The fourth-order valence-corrected chi connectivity index (χ4v) is 4.35. The minimum atomic E-state index is -3.18. The molecule has 1 atom stereocenters. The van der Waals surface area contributed by atoms with E-state index >= 15 is 0 Å². The fourth-order valence-electron chi connectivity index (χ4n) is 2.25. The van der Waals surface area contributed by atoms with Crippen LogP contribution in [0.4, 0.5) is 5.69 Å². The van der Waals surface area contributed by atoms with Crippen LogP contribution in [0.5, 0.6) is 0 Å². The van der Waals surface area contributed by atoms with Gasteiger partial charge in [0.2, 0.25) is 0 Å². The molecule has 0 amide bonds. The summed E-state index contributed by atoms with van der Waals surface area (Å²) in [6, 6.07) is 5.67. The maximum absolute atomic E-state index is 12.5. The second-order valence-corrected chi connectivity index (χ2v) is 7.03. The van der Waals surface area contributed by atoms with E-state index in [9.17, 15) is 8.42 Å². The van der Waals surface area contributed by atoms with E-state index in [0.717, 1.165) is 17.7 Å². The highest BCUT2D eigenvalue weighted by Crippen LogP contribution is 2.33. The highest BCUT2D eigenvalue weighted by molar-refractivity contribution is 7.92. The van der Waals surface area contributed by atoms with Crippen LogP contribution in [0.2, 0.25) is 0 Å². The lowest BCUT2D eigenvalue weighted by molar-refractivity contribution is 0.533. The summed E-state index contributed by atoms with van der Waals surface area (Å²) in [5.74, 6) is 0.130. The Labute approximate surface area is 103 Å².